The molecule has 1 aliphatic heterocycles. The zero-order valence-electron chi connectivity index (χ0n) is 15.1. The van der Waals surface area contributed by atoms with Crippen molar-refractivity contribution in [1.29, 1.82) is 0 Å². The number of carbonyl (C=O) groups is 2. The number of nitrogens with one attached hydrogen (secondary N) is 2. The van der Waals surface area contributed by atoms with Crippen LogP contribution in [0, 0.1) is 0 Å². The van der Waals surface area contributed by atoms with Gasteiger partial charge >= 0.3 is 0 Å². The Hall–Kier alpha value is -3.75. The lowest BCUT2D eigenvalue weighted by molar-refractivity contribution is -0.120. The number of anilines is 1. The summed E-state index contributed by atoms with van der Waals surface area (Å²) in [5.41, 5.74) is 1.64. The fourth-order valence-electron chi connectivity index (χ4n) is 2.95. The number of hydrogen-bond donors (Lipinski definition) is 2. The molecule has 0 unspecified atom stereocenters. The lowest BCUT2D eigenvalue weighted by atomic mass is 10.1. The quantitative estimate of drug-likeness (QED) is 0.699. The van der Waals surface area contributed by atoms with Gasteiger partial charge in [0.05, 0.1) is 11.9 Å². The van der Waals surface area contributed by atoms with Gasteiger partial charge in [-0.3, -0.25) is 19.7 Å². The zero-order valence-corrected chi connectivity index (χ0v) is 15.1. The molecule has 1 aliphatic rings. The number of aromatic amines is 1. The summed E-state index contributed by atoms with van der Waals surface area (Å²) in [6, 6.07) is 10.5. The van der Waals surface area contributed by atoms with Crippen LogP contribution in [0.1, 0.15) is 22.0 Å². The summed E-state index contributed by atoms with van der Waals surface area (Å²) in [5, 5.41) is 9.37. The Morgan fingerprint density at radius 1 is 1.32 bits per heavy atom. The van der Waals surface area contributed by atoms with Gasteiger partial charge in [0.2, 0.25) is 5.82 Å². The van der Waals surface area contributed by atoms with Crippen LogP contribution < -0.4 is 15.0 Å². The fourth-order valence-corrected chi connectivity index (χ4v) is 2.95. The molecular formula is C19H18N6O3. The summed E-state index contributed by atoms with van der Waals surface area (Å²) >= 11 is 0. The number of amides is 2. The van der Waals surface area contributed by atoms with Gasteiger partial charge in [-0.25, -0.2) is 4.98 Å². The summed E-state index contributed by atoms with van der Waals surface area (Å²) in [6.45, 7) is -0.00506. The van der Waals surface area contributed by atoms with Crippen LogP contribution in [0.4, 0.5) is 5.69 Å². The molecule has 0 spiro atoms. The van der Waals surface area contributed by atoms with Crippen molar-refractivity contribution in [2.45, 2.75) is 12.5 Å². The highest BCUT2D eigenvalue weighted by Crippen LogP contribution is 2.28. The smallest absolute Gasteiger partial charge is 0.291 e. The molecule has 3 heterocycles. The van der Waals surface area contributed by atoms with Crippen molar-refractivity contribution in [3.05, 3.63) is 66.0 Å². The Morgan fingerprint density at radius 2 is 2.14 bits per heavy atom. The first kappa shape index (κ1) is 17.7. The van der Waals surface area contributed by atoms with E-state index in [9.17, 15) is 9.59 Å². The van der Waals surface area contributed by atoms with E-state index in [1.54, 1.807) is 19.3 Å². The minimum Gasteiger partial charge on any atom is -0.487 e. The first-order valence-corrected chi connectivity index (χ1v) is 8.72. The van der Waals surface area contributed by atoms with Crippen LogP contribution >= 0.6 is 0 Å². The second-order valence-corrected chi connectivity index (χ2v) is 6.35. The van der Waals surface area contributed by atoms with E-state index in [2.05, 4.69) is 25.5 Å². The Morgan fingerprint density at radius 3 is 2.96 bits per heavy atom. The van der Waals surface area contributed by atoms with Gasteiger partial charge in [-0.15, -0.1) is 5.10 Å². The number of pyridine rings is 1. The van der Waals surface area contributed by atoms with Crippen molar-refractivity contribution in [1.82, 2.24) is 25.5 Å². The minimum absolute atomic E-state index is 0.00506. The standard InChI is InChI=1S/C19H18N6O3/c1-25-14-7-8-20-10-15(14)28-11-13(19(25)27)21-18(26)17-22-16(23-24-17)9-12-5-3-2-4-6-12/h2-8,10,13H,9,11H2,1H3,(H,21,26)(H,22,23,24)/t13-/m0/s1. The Kier molecular flexibility index (Phi) is 4.71. The summed E-state index contributed by atoms with van der Waals surface area (Å²) in [7, 11) is 1.62. The highest BCUT2D eigenvalue weighted by atomic mass is 16.5. The molecule has 0 fully saturated rings. The third kappa shape index (κ3) is 3.54. The molecule has 9 nitrogen and oxygen atoms in total. The third-order valence-electron chi connectivity index (χ3n) is 4.41. The molecule has 1 atom stereocenters. The molecular weight excluding hydrogens is 360 g/mol. The molecule has 3 aromatic rings. The monoisotopic (exact) mass is 378 g/mol. The van der Waals surface area contributed by atoms with E-state index < -0.39 is 11.9 Å². The molecule has 2 aromatic heterocycles. The molecule has 2 amide bonds. The molecule has 0 bridgehead atoms. The lowest BCUT2D eigenvalue weighted by Gasteiger charge is -2.19. The predicted octanol–water partition coefficient (Wildman–Crippen LogP) is 0.944. The predicted molar refractivity (Wildman–Crippen MR) is 100 cm³/mol. The molecule has 0 saturated heterocycles. The molecule has 0 saturated carbocycles. The van der Waals surface area contributed by atoms with Gasteiger partial charge in [0.15, 0.2) is 5.75 Å². The number of likely N-dealkylation sites (N-methyl/N-ethyl adjacent to an activating group) is 1. The van der Waals surface area contributed by atoms with Gasteiger partial charge in [0.25, 0.3) is 11.8 Å². The number of nitrogens with zero attached hydrogens (tertiary/aromatic N) is 4. The van der Waals surface area contributed by atoms with Gasteiger partial charge in [-0.05, 0) is 11.6 Å². The maximum Gasteiger partial charge on any atom is 0.291 e. The van der Waals surface area contributed by atoms with Crippen LogP contribution in [0.2, 0.25) is 0 Å². The van der Waals surface area contributed by atoms with E-state index in [-0.39, 0.29) is 18.3 Å². The van der Waals surface area contributed by atoms with Crippen LogP contribution in [0.15, 0.2) is 48.8 Å². The topological polar surface area (TPSA) is 113 Å². The maximum atomic E-state index is 12.7. The minimum atomic E-state index is -0.860. The van der Waals surface area contributed by atoms with Crippen LogP contribution in [0.3, 0.4) is 0 Å². The molecule has 2 N–H and O–H groups in total. The van der Waals surface area contributed by atoms with Crippen molar-refractivity contribution in [2.75, 3.05) is 18.6 Å². The van der Waals surface area contributed by atoms with E-state index in [0.29, 0.717) is 23.7 Å². The van der Waals surface area contributed by atoms with E-state index in [1.165, 1.54) is 11.1 Å². The van der Waals surface area contributed by atoms with Crippen molar-refractivity contribution in [3.8, 4) is 5.75 Å². The normalized spacial score (nSPS) is 16.1. The van der Waals surface area contributed by atoms with Crippen molar-refractivity contribution < 1.29 is 14.3 Å². The summed E-state index contributed by atoms with van der Waals surface area (Å²) in [6.07, 6.45) is 3.64. The average Bonchev–Trinajstić information content (AvgIpc) is 3.15. The highest BCUT2D eigenvalue weighted by molar-refractivity contribution is 6.02. The summed E-state index contributed by atoms with van der Waals surface area (Å²) in [4.78, 5) is 34.9. The number of aromatic nitrogens is 4. The van der Waals surface area contributed by atoms with E-state index >= 15 is 0 Å². The molecule has 4 rings (SSSR count). The van der Waals surface area contributed by atoms with Crippen LogP contribution in [0.25, 0.3) is 0 Å². The number of fused-ring (bicyclic) bond motifs is 1. The lowest BCUT2D eigenvalue weighted by Crippen LogP contribution is -2.49. The molecule has 9 heteroatoms. The third-order valence-corrected chi connectivity index (χ3v) is 4.41. The van der Waals surface area contributed by atoms with E-state index in [4.69, 9.17) is 4.74 Å². The van der Waals surface area contributed by atoms with Crippen LogP contribution in [-0.4, -0.2) is 51.7 Å². The van der Waals surface area contributed by atoms with Crippen LogP contribution in [0.5, 0.6) is 5.75 Å². The number of benzene rings is 1. The Bertz CT molecular complexity index is 1000. The van der Waals surface area contributed by atoms with Gasteiger partial charge < -0.3 is 15.0 Å². The first-order chi connectivity index (χ1) is 13.6. The molecule has 142 valence electrons. The van der Waals surface area contributed by atoms with E-state index in [1.807, 2.05) is 30.3 Å². The van der Waals surface area contributed by atoms with Gasteiger partial charge in [0, 0.05) is 19.7 Å². The van der Waals surface area contributed by atoms with Gasteiger partial charge in [0.1, 0.15) is 18.5 Å². The average molecular weight is 378 g/mol. The number of ether oxygens (including phenoxy) is 1. The Labute approximate surface area is 160 Å². The summed E-state index contributed by atoms with van der Waals surface area (Å²) in [5.74, 6) is 0.187. The number of rotatable bonds is 4. The largest absolute Gasteiger partial charge is 0.487 e. The van der Waals surface area contributed by atoms with E-state index in [0.717, 1.165) is 5.56 Å². The molecule has 0 radical (unpaired) electrons. The number of hydrogen-bond acceptors (Lipinski definition) is 6. The Balaban J connectivity index is 1.45. The first-order valence-electron chi connectivity index (χ1n) is 8.72. The van der Waals surface area contributed by atoms with Crippen LogP contribution in [-0.2, 0) is 11.2 Å². The van der Waals surface area contributed by atoms with Crippen molar-refractivity contribution in [2.24, 2.45) is 0 Å². The number of H-pyrrole nitrogens is 1. The zero-order chi connectivity index (χ0) is 19.5. The molecule has 0 aliphatic carbocycles. The SMILES string of the molecule is CN1C(=O)[C@@H](NC(=O)c2n[nH]c(Cc3ccccc3)n2)COc2cnccc21. The summed E-state index contributed by atoms with van der Waals surface area (Å²) < 4.78 is 5.63. The van der Waals surface area contributed by atoms with Gasteiger partial charge in [-0.2, -0.15) is 0 Å². The van der Waals surface area contributed by atoms with Crippen molar-refractivity contribution >= 4 is 17.5 Å². The second kappa shape index (κ2) is 7.47. The molecule has 1 aromatic carbocycles. The van der Waals surface area contributed by atoms with Gasteiger partial charge in [-0.1, -0.05) is 30.3 Å². The highest BCUT2D eigenvalue weighted by Gasteiger charge is 2.31. The number of carbonyl (C=O) groups excluding carboxylic acids is 2. The fraction of sp³-hybridized carbons (Fsp3) is 0.211. The van der Waals surface area contributed by atoms with Crippen molar-refractivity contribution in [3.63, 3.8) is 0 Å². The maximum absolute atomic E-state index is 12.7. The second-order valence-electron chi connectivity index (χ2n) is 6.35. The molecule has 28 heavy (non-hydrogen) atoms.